The van der Waals surface area contributed by atoms with Crippen LogP contribution in [0.4, 0.5) is 5.82 Å². The van der Waals surface area contributed by atoms with Crippen molar-refractivity contribution >= 4 is 37.6 Å². The second kappa shape index (κ2) is 7.74. The van der Waals surface area contributed by atoms with E-state index in [1.54, 1.807) is 12.3 Å². The summed E-state index contributed by atoms with van der Waals surface area (Å²) in [5, 5.41) is 5.33. The number of anilines is 1. The Hall–Kier alpha value is -3.11. The molecule has 5 heterocycles. The Morgan fingerprint density at radius 1 is 1.12 bits per heavy atom. The third-order valence-corrected chi connectivity index (χ3v) is 7.74. The van der Waals surface area contributed by atoms with Crippen LogP contribution >= 0.6 is 0 Å². The fourth-order valence-corrected chi connectivity index (χ4v) is 5.36. The van der Waals surface area contributed by atoms with E-state index in [1.807, 2.05) is 18.5 Å². The summed E-state index contributed by atoms with van der Waals surface area (Å²) in [5.74, 6) is 1.99. The molecule has 10 heteroatoms. The summed E-state index contributed by atoms with van der Waals surface area (Å²) >= 11 is 0. The van der Waals surface area contributed by atoms with Gasteiger partial charge in [-0.2, -0.15) is 0 Å². The number of pyridine rings is 2. The molecule has 9 nitrogen and oxygen atoms in total. The summed E-state index contributed by atoms with van der Waals surface area (Å²) in [6.45, 7) is 3.54. The van der Waals surface area contributed by atoms with Crippen LogP contribution in [0.3, 0.4) is 0 Å². The minimum absolute atomic E-state index is 0.134. The number of nitrogens with one attached hydrogen (secondary N) is 2. The van der Waals surface area contributed by atoms with E-state index in [2.05, 4.69) is 25.2 Å². The minimum atomic E-state index is -3.40. The van der Waals surface area contributed by atoms with Crippen LogP contribution in [0.15, 0.2) is 35.7 Å². The van der Waals surface area contributed by atoms with Gasteiger partial charge in [0.1, 0.15) is 16.5 Å². The Balaban J connectivity index is 1.59. The summed E-state index contributed by atoms with van der Waals surface area (Å²) in [5.41, 5.74) is 3.31. The standard InChI is InChI=1S/C23H25N7O2S/c1-33(31,32)19-11-16-15(5-6-26-21(16)28-19)22-27-18-13-25-12-17(14-3-2-4-14)20(18)23(29-22)30-9-7-24-8-10-30/h5-6,11-14,24H,2-4,7-10H2,1H3,(H,26,28). The van der Waals surface area contributed by atoms with E-state index in [1.165, 1.54) is 31.1 Å². The Morgan fingerprint density at radius 2 is 1.94 bits per heavy atom. The molecule has 0 amide bonds. The number of hydrogen-bond acceptors (Lipinski definition) is 8. The van der Waals surface area contributed by atoms with Gasteiger partial charge in [0.05, 0.1) is 11.7 Å². The van der Waals surface area contributed by atoms with Crippen LogP contribution in [0.1, 0.15) is 30.7 Å². The number of aromatic nitrogens is 5. The van der Waals surface area contributed by atoms with Gasteiger partial charge in [0.2, 0.25) is 0 Å². The predicted octanol–water partition coefficient (Wildman–Crippen LogP) is 2.65. The van der Waals surface area contributed by atoms with Crippen LogP contribution < -0.4 is 10.2 Å². The molecule has 2 N–H and O–H groups in total. The summed E-state index contributed by atoms with van der Waals surface area (Å²) in [4.78, 5) is 24.1. The first-order chi connectivity index (χ1) is 16.0. The van der Waals surface area contributed by atoms with Crippen molar-refractivity contribution in [3.63, 3.8) is 0 Å². The van der Waals surface area contributed by atoms with E-state index in [4.69, 9.17) is 9.97 Å². The lowest BCUT2D eigenvalue weighted by Crippen LogP contribution is -2.44. The van der Waals surface area contributed by atoms with Crippen LogP contribution in [-0.4, -0.2) is 65.8 Å². The van der Waals surface area contributed by atoms with Gasteiger partial charge in [-0.05, 0) is 36.5 Å². The van der Waals surface area contributed by atoms with Gasteiger partial charge in [-0.25, -0.2) is 23.4 Å². The number of rotatable bonds is 4. The molecule has 6 rings (SSSR count). The topological polar surface area (TPSA) is 117 Å². The van der Waals surface area contributed by atoms with Gasteiger partial charge in [-0.3, -0.25) is 4.98 Å². The van der Waals surface area contributed by atoms with Crippen molar-refractivity contribution in [2.75, 3.05) is 37.3 Å². The summed E-state index contributed by atoms with van der Waals surface area (Å²) in [7, 11) is -3.40. The lowest BCUT2D eigenvalue weighted by molar-refractivity contribution is 0.421. The van der Waals surface area contributed by atoms with Crippen LogP contribution in [0.5, 0.6) is 0 Å². The van der Waals surface area contributed by atoms with Gasteiger partial charge < -0.3 is 15.2 Å². The van der Waals surface area contributed by atoms with Crippen molar-refractivity contribution in [2.45, 2.75) is 30.2 Å². The minimum Gasteiger partial charge on any atom is -0.353 e. The average molecular weight is 464 g/mol. The average Bonchev–Trinajstić information content (AvgIpc) is 3.23. The summed E-state index contributed by atoms with van der Waals surface area (Å²) < 4.78 is 24.2. The van der Waals surface area contributed by atoms with Crippen molar-refractivity contribution in [3.8, 4) is 11.4 Å². The second-order valence-electron chi connectivity index (χ2n) is 8.89. The van der Waals surface area contributed by atoms with Gasteiger partial charge in [0.15, 0.2) is 15.7 Å². The van der Waals surface area contributed by atoms with Gasteiger partial charge in [-0.15, -0.1) is 0 Å². The first-order valence-corrected chi connectivity index (χ1v) is 13.2. The van der Waals surface area contributed by atoms with E-state index in [0.717, 1.165) is 48.5 Å². The van der Waals surface area contributed by atoms with Gasteiger partial charge in [0.25, 0.3) is 0 Å². The number of fused-ring (bicyclic) bond motifs is 2. The number of piperazine rings is 1. The van der Waals surface area contributed by atoms with Crippen LogP contribution in [0, 0.1) is 0 Å². The van der Waals surface area contributed by atoms with Crippen LogP contribution in [0.25, 0.3) is 33.3 Å². The highest BCUT2D eigenvalue weighted by atomic mass is 32.2. The lowest BCUT2D eigenvalue weighted by atomic mass is 9.79. The first kappa shape index (κ1) is 20.5. The van der Waals surface area contributed by atoms with Crippen molar-refractivity contribution in [1.29, 1.82) is 0 Å². The predicted molar refractivity (Wildman–Crippen MR) is 127 cm³/mol. The molecule has 2 aliphatic rings. The number of hydrogen-bond donors (Lipinski definition) is 2. The molecule has 33 heavy (non-hydrogen) atoms. The monoisotopic (exact) mass is 463 g/mol. The zero-order valence-electron chi connectivity index (χ0n) is 18.4. The molecular weight excluding hydrogens is 438 g/mol. The summed E-state index contributed by atoms with van der Waals surface area (Å²) in [6.07, 6.45) is 10.2. The van der Waals surface area contributed by atoms with Gasteiger partial charge >= 0.3 is 0 Å². The molecule has 0 bridgehead atoms. The zero-order chi connectivity index (χ0) is 22.6. The molecule has 1 aliphatic carbocycles. The Kier molecular flexibility index (Phi) is 4.81. The Labute approximate surface area is 191 Å². The fourth-order valence-electron chi connectivity index (χ4n) is 4.74. The summed E-state index contributed by atoms with van der Waals surface area (Å²) in [6, 6.07) is 3.46. The van der Waals surface area contributed by atoms with E-state index in [9.17, 15) is 8.42 Å². The molecule has 0 aromatic carbocycles. The highest BCUT2D eigenvalue weighted by molar-refractivity contribution is 7.90. The van der Waals surface area contributed by atoms with Crippen molar-refractivity contribution in [3.05, 3.63) is 36.3 Å². The fraction of sp³-hybridized carbons (Fsp3) is 0.391. The molecule has 0 atom stereocenters. The van der Waals surface area contributed by atoms with E-state index < -0.39 is 9.84 Å². The number of H-pyrrole nitrogens is 1. The van der Waals surface area contributed by atoms with Crippen LogP contribution in [-0.2, 0) is 9.84 Å². The SMILES string of the molecule is CS(=O)(=O)c1cc2c(-c3nc(N4CCNCC4)c4c(C5CCC5)cncc4n3)ccnc2[nH]1. The largest absolute Gasteiger partial charge is 0.353 e. The molecule has 1 aliphatic heterocycles. The molecule has 1 saturated carbocycles. The highest BCUT2D eigenvalue weighted by Gasteiger charge is 2.27. The molecule has 170 valence electrons. The maximum atomic E-state index is 12.1. The normalized spacial score (nSPS) is 17.5. The Bertz CT molecular complexity index is 1470. The molecule has 1 saturated heterocycles. The number of aromatic amines is 1. The molecule has 4 aromatic heterocycles. The highest BCUT2D eigenvalue weighted by Crippen LogP contribution is 2.42. The third-order valence-electron chi connectivity index (χ3n) is 6.73. The van der Waals surface area contributed by atoms with E-state index in [0.29, 0.717) is 22.8 Å². The number of sulfone groups is 1. The molecule has 0 spiro atoms. The second-order valence-corrected chi connectivity index (χ2v) is 10.9. The van der Waals surface area contributed by atoms with Gasteiger partial charge in [0, 0.05) is 61.2 Å². The smallest absolute Gasteiger partial charge is 0.190 e. The molecular formula is C23H25N7O2S. The van der Waals surface area contributed by atoms with Crippen molar-refractivity contribution in [1.82, 2.24) is 30.2 Å². The van der Waals surface area contributed by atoms with Crippen molar-refractivity contribution < 1.29 is 8.42 Å². The Morgan fingerprint density at radius 3 is 2.67 bits per heavy atom. The maximum absolute atomic E-state index is 12.1. The number of nitrogens with zero attached hydrogens (tertiary/aromatic N) is 5. The van der Waals surface area contributed by atoms with E-state index >= 15 is 0 Å². The molecule has 2 fully saturated rings. The quantitative estimate of drug-likeness (QED) is 0.474. The van der Waals surface area contributed by atoms with Crippen LogP contribution in [0.2, 0.25) is 0 Å². The van der Waals surface area contributed by atoms with Crippen molar-refractivity contribution in [2.24, 2.45) is 0 Å². The molecule has 0 unspecified atom stereocenters. The third kappa shape index (κ3) is 3.53. The first-order valence-electron chi connectivity index (χ1n) is 11.3. The maximum Gasteiger partial charge on any atom is 0.190 e. The molecule has 0 radical (unpaired) electrons. The lowest BCUT2D eigenvalue weighted by Gasteiger charge is -2.32. The van der Waals surface area contributed by atoms with E-state index in [-0.39, 0.29) is 5.03 Å². The zero-order valence-corrected chi connectivity index (χ0v) is 19.2. The molecule has 4 aromatic rings. The van der Waals surface area contributed by atoms with Gasteiger partial charge in [-0.1, -0.05) is 6.42 Å².